The van der Waals surface area contributed by atoms with Gasteiger partial charge in [0.2, 0.25) is 5.91 Å². The van der Waals surface area contributed by atoms with Crippen molar-refractivity contribution in [2.75, 3.05) is 26.4 Å². The lowest BCUT2D eigenvalue weighted by atomic mass is 9.88. The van der Waals surface area contributed by atoms with E-state index in [0.29, 0.717) is 6.42 Å². The molecule has 10 N–H and O–H groups in total. The molecule has 282 valence electrons. The van der Waals surface area contributed by atoms with Crippen molar-refractivity contribution in [3.8, 4) is 0 Å². The van der Waals surface area contributed by atoms with Crippen molar-refractivity contribution in [3.05, 3.63) is 10.4 Å². The Kier molecular flexibility index (Phi) is 15.3. The highest BCUT2D eigenvalue weighted by Crippen LogP contribution is 2.36. The normalized spacial score (nSPS) is 40.9. The van der Waals surface area contributed by atoms with Crippen molar-refractivity contribution in [2.24, 2.45) is 11.0 Å². The Morgan fingerprint density at radius 3 is 2.33 bits per heavy atom. The zero-order valence-corrected chi connectivity index (χ0v) is 27.2. The van der Waals surface area contributed by atoms with E-state index in [0.717, 1.165) is 6.92 Å². The maximum Gasteiger partial charge on any atom is 0.364 e. The molecule has 0 radical (unpaired) electrons. The second-order valence-corrected chi connectivity index (χ2v) is 12.3. The first-order chi connectivity index (χ1) is 23.1. The average Bonchev–Trinajstić information content (AvgIpc) is 3.06. The number of rotatable bonds is 16. The summed E-state index contributed by atoms with van der Waals surface area (Å²) in [6.45, 7) is 2.90. The molecule has 0 aromatic rings. The Morgan fingerprint density at radius 2 is 1.73 bits per heavy atom. The van der Waals surface area contributed by atoms with E-state index in [1.54, 1.807) is 6.92 Å². The summed E-state index contributed by atoms with van der Waals surface area (Å²) in [5, 5.41) is 101. The van der Waals surface area contributed by atoms with E-state index >= 15 is 0 Å². The van der Waals surface area contributed by atoms with Crippen LogP contribution < -0.4 is 5.32 Å². The lowest BCUT2D eigenvalue weighted by Crippen LogP contribution is -2.68. The van der Waals surface area contributed by atoms with Gasteiger partial charge in [-0.15, -0.1) is 0 Å². The number of carboxylic acids is 1. The molecule has 0 aliphatic carbocycles. The van der Waals surface area contributed by atoms with Crippen LogP contribution in [0.2, 0.25) is 0 Å². The molecule has 3 aliphatic heterocycles. The van der Waals surface area contributed by atoms with E-state index in [9.17, 15) is 55.5 Å². The minimum atomic E-state index is -2.73. The third-order valence-electron chi connectivity index (χ3n) is 8.76. The summed E-state index contributed by atoms with van der Waals surface area (Å²) in [7, 11) is 0. The van der Waals surface area contributed by atoms with Crippen molar-refractivity contribution in [1.29, 1.82) is 0 Å². The molecule has 0 bridgehead atoms. The molecule has 21 nitrogen and oxygen atoms in total. The van der Waals surface area contributed by atoms with Crippen molar-refractivity contribution in [3.63, 3.8) is 0 Å². The molecule has 0 saturated carbocycles. The lowest BCUT2D eigenvalue weighted by molar-refractivity contribution is -0.362. The number of nitrogens with one attached hydrogen (secondary N) is 1. The number of carbonyl (C=O) groups excluding carboxylic acids is 1. The Balaban J connectivity index is 1.79. The number of nitrogens with zero attached hydrogens (tertiary/aromatic N) is 3. The topological polar surface area (TPSA) is 332 Å². The van der Waals surface area contributed by atoms with Gasteiger partial charge in [-0.1, -0.05) is 19.0 Å². The molecule has 3 fully saturated rings. The van der Waals surface area contributed by atoms with Gasteiger partial charge in [0.25, 0.3) is 5.79 Å². The predicted octanol–water partition coefficient (Wildman–Crippen LogP) is -3.81. The number of hydrogen-bond donors (Lipinski definition) is 10. The van der Waals surface area contributed by atoms with Crippen LogP contribution in [0.15, 0.2) is 5.11 Å². The minimum Gasteiger partial charge on any atom is -0.477 e. The molecule has 16 atom stereocenters. The third kappa shape index (κ3) is 9.73. The summed E-state index contributed by atoms with van der Waals surface area (Å²) in [5.41, 5.74) is 8.43. The molecule has 3 heterocycles. The summed E-state index contributed by atoms with van der Waals surface area (Å²) < 4.78 is 34.1. The van der Waals surface area contributed by atoms with Gasteiger partial charge in [0, 0.05) is 37.3 Å². The number of azide groups is 1. The minimum absolute atomic E-state index is 0.00166. The molecule has 5 unspecified atom stereocenters. The van der Waals surface area contributed by atoms with Crippen LogP contribution in [0.5, 0.6) is 0 Å². The van der Waals surface area contributed by atoms with E-state index in [2.05, 4.69) is 15.3 Å². The summed E-state index contributed by atoms with van der Waals surface area (Å²) >= 11 is 0. The summed E-state index contributed by atoms with van der Waals surface area (Å²) in [5.74, 6) is -5.93. The first-order valence-corrected chi connectivity index (χ1v) is 15.9. The third-order valence-corrected chi connectivity index (χ3v) is 8.76. The zero-order chi connectivity index (χ0) is 36.6. The Hall–Kier alpha value is -2.31. The van der Waals surface area contributed by atoms with E-state index in [4.69, 9.17) is 34.0 Å². The quantitative estimate of drug-likeness (QED) is 0.0317. The first kappa shape index (κ1) is 41.1. The fourth-order valence-electron chi connectivity index (χ4n) is 5.93. The van der Waals surface area contributed by atoms with Crippen molar-refractivity contribution in [1.82, 2.24) is 5.32 Å². The standard InChI is InChI=1S/C28H48N4O17/c1-4-13(35)18(37)24-17(31-12(3)34)14(36)8-28(49-24,27(42)43)45-10-16-19(38)21(40)22(41)26(47-16)48-23-11(2)25(44-7-5-6-30-32-29)46-15(9-33)20(23)39/h11,13-26,33,35-41H,4-10H2,1-3H3,(H,31,34)(H,42,43)/t11?,13-,14-,15?,16?,17-,18-,19+,20+,21+,22?,23-,24?,25-,26+,28-/m1/s1. The van der Waals surface area contributed by atoms with Crippen LogP contribution in [0.4, 0.5) is 0 Å². The van der Waals surface area contributed by atoms with Gasteiger partial charge in [-0.3, -0.25) is 4.79 Å². The second kappa shape index (κ2) is 18.3. The molecule has 21 heteroatoms. The fraction of sp³-hybridized carbons (Fsp3) is 0.929. The summed E-state index contributed by atoms with van der Waals surface area (Å²) in [6.07, 6.45) is -21.2. The van der Waals surface area contributed by atoms with Crippen molar-refractivity contribution in [2.45, 2.75) is 132 Å². The van der Waals surface area contributed by atoms with Gasteiger partial charge in [-0.05, 0) is 18.4 Å². The van der Waals surface area contributed by atoms with Gasteiger partial charge in [0.15, 0.2) is 12.6 Å². The van der Waals surface area contributed by atoms with Crippen LogP contribution in [0, 0.1) is 5.92 Å². The lowest BCUT2D eigenvalue weighted by Gasteiger charge is -2.48. The molecular weight excluding hydrogens is 664 g/mol. The Morgan fingerprint density at radius 1 is 1.06 bits per heavy atom. The number of hydrogen-bond acceptors (Lipinski definition) is 17. The number of aliphatic carboxylic acids is 1. The predicted molar refractivity (Wildman–Crippen MR) is 159 cm³/mol. The van der Waals surface area contributed by atoms with Crippen LogP contribution in [0.1, 0.15) is 40.0 Å². The van der Waals surface area contributed by atoms with E-state index in [1.807, 2.05) is 0 Å². The molecule has 3 saturated heterocycles. The van der Waals surface area contributed by atoms with Gasteiger partial charge in [0.05, 0.1) is 37.6 Å². The van der Waals surface area contributed by atoms with E-state index in [-0.39, 0.29) is 19.6 Å². The maximum absolute atomic E-state index is 12.5. The largest absolute Gasteiger partial charge is 0.477 e. The second-order valence-electron chi connectivity index (χ2n) is 12.3. The number of ether oxygens (including phenoxy) is 6. The zero-order valence-electron chi connectivity index (χ0n) is 27.2. The molecule has 3 aliphatic rings. The van der Waals surface area contributed by atoms with Crippen LogP contribution in [-0.2, 0) is 38.0 Å². The number of aliphatic hydroxyl groups excluding tert-OH is 8. The van der Waals surface area contributed by atoms with Gasteiger partial charge >= 0.3 is 5.97 Å². The molecular formula is C28H48N4O17. The van der Waals surface area contributed by atoms with Crippen LogP contribution in [0.25, 0.3) is 10.4 Å². The van der Waals surface area contributed by atoms with Gasteiger partial charge in [-0.2, -0.15) is 0 Å². The summed E-state index contributed by atoms with van der Waals surface area (Å²) in [4.78, 5) is 27.0. The van der Waals surface area contributed by atoms with Crippen molar-refractivity contribution >= 4 is 11.9 Å². The number of carboxylic acid groups (broad SMARTS) is 1. The highest BCUT2D eigenvalue weighted by atomic mass is 16.8. The molecule has 3 rings (SSSR count). The molecule has 0 spiro atoms. The SMILES string of the molecule is CC[C@@H](O)[C@@H](O)C1O[C@@](OCC2O[C@@H](O[C@@H]3C(C)[C@H](OCCCN=[N+]=[N-])OC(CO)[C@@H]3O)C(O)[C@@H](O)[C@H]2O)(C(=O)O)C[C@@H](O)[C@H]1NC(C)=O. The number of aliphatic hydroxyl groups is 8. The molecule has 1 amide bonds. The van der Waals surface area contributed by atoms with Gasteiger partial charge < -0.3 is 79.7 Å². The smallest absolute Gasteiger partial charge is 0.364 e. The maximum atomic E-state index is 12.5. The first-order valence-electron chi connectivity index (χ1n) is 15.9. The van der Waals surface area contributed by atoms with E-state index in [1.165, 1.54) is 6.92 Å². The van der Waals surface area contributed by atoms with Crippen molar-refractivity contribution < 1.29 is 84.0 Å². The highest BCUT2D eigenvalue weighted by molar-refractivity contribution is 5.76. The fourth-order valence-corrected chi connectivity index (χ4v) is 5.93. The Labute approximate surface area is 280 Å². The molecule has 0 aromatic heterocycles. The number of carbonyl (C=O) groups is 2. The number of amides is 1. The van der Waals surface area contributed by atoms with Gasteiger partial charge in [0.1, 0.15) is 48.8 Å². The molecule has 0 aromatic carbocycles. The Bertz CT molecular complexity index is 1130. The van der Waals surface area contributed by atoms with Gasteiger partial charge in [-0.25, -0.2) is 4.79 Å². The molecule has 49 heavy (non-hydrogen) atoms. The van der Waals surface area contributed by atoms with Crippen LogP contribution >= 0.6 is 0 Å². The van der Waals surface area contributed by atoms with Crippen LogP contribution in [0.3, 0.4) is 0 Å². The highest BCUT2D eigenvalue weighted by Gasteiger charge is 2.57. The average molecular weight is 713 g/mol. The van der Waals surface area contributed by atoms with Crippen LogP contribution in [-0.4, -0.2) is 176 Å². The summed E-state index contributed by atoms with van der Waals surface area (Å²) in [6, 6.07) is -1.36. The monoisotopic (exact) mass is 712 g/mol. The van der Waals surface area contributed by atoms with E-state index < -0.39 is 129 Å².